The Morgan fingerprint density at radius 3 is 2.35 bits per heavy atom. The van der Waals surface area contributed by atoms with Gasteiger partial charge in [-0.25, -0.2) is 9.78 Å². The molecule has 8 heteroatoms. The van der Waals surface area contributed by atoms with E-state index in [0.29, 0.717) is 23.1 Å². The van der Waals surface area contributed by atoms with Crippen LogP contribution in [0.3, 0.4) is 0 Å². The maximum atomic E-state index is 12.0. The smallest absolute Gasteiger partial charge is 0.407 e. The lowest BCUT2D eigenvalue weighted by Gasteiger charge is -2.20. The zero-order chi connectivity index (χ0) is 24.3. The van der Waals surface area contributed by atoms with E-state index in [0.717, 1.165) is 38.9 Å². The number of pyridine rings is 1. The van der Waals surface area contributed by atoms with E-state index in [1.807, 2.05) is 69.3 Å². The van der Waals surface area contributed by atoms with Crippen molar-refractivity contribution in [3.05, 3.63) is 70.7 Å². The zero-order valence-corrected chi connectivity index (χ0v) is 20.7. The fourth-order valence-electron chi connectivity index (χ4n) is 3.57. The van der Waals surface area contributed by atoms with Gasteiger partial charge in [-0.15, -0.1) is 0 Å². The van der Waals surface area contributed by atoms with Gasteiger partial charge in [-0.2, -0.15) is 0 Å². The van der Waals surface area contributed by atoms with Crippen LogP contribution in [0.4, 0.5) is 21.9 Å². The minimum atomic E-state index is -0.535. The van der Waals surface area contributed by atoms with Crippen LogP contribution >= 0.6 is 23.2 Å². The van der Waals surface area contributed by atoms with Crippen molar-refractivity contribution in [2.45, 2.75) is 26.4 Å². The molecule has 0 unspecified atom stereocenters. The number of hydrogen-bond donors (Lipinski definition) is 3. The summed E-state index contributed by atoms with van der Waals surface area (Å²) < 4.78 is 5.30. The number of aromatic nitrogens is 1. The lowest BCUT2D eigenvalue weighted by atomic mass is 10.1. The molecule has 0 aliphatic carbocycles. The van der Waals surface area contributed by atoms with Crippen LogP contribution < -0.4 is 16.0 Å². The summed E-state index contributed by atoms with van der Waals surface area (Å²) in [6.45, 7) is 6.44. The molecule has 1 amide bonds. The van der Waals surface area contributed by atoms with Crippen molar-refractivity contribution >= 4 is 68.2 Å². The van der Waals surface area contributed by atoms with E-state index in [4.69, 9.17) is 32.9 Å². The monoisotopic (exact) mass is 496 g/mol. The van der Waals surface area contributed by atoms with Gasteiger partial charge >= 0.3 is 6.09 Å². The Bertz CT molecular complexity index is 1350. The van der Waals surface area contributed by atoms with Gasteiger partial charge < -0.3 is 20.7 Å². The molecule has 3 N–H and O–H groups in total. The maximum absolute atomic E-state index is 12.0. The van der Waals surface area contributed by atoms with Crippen LogP contribution in [0.5, 0.6) is 0 Å². The molecule has 176 valence electrons. The Kier molecular flexibility index (Phi) is 7.00. The average Bonchev–Trinajstić information content (AvgIpc) is 2.77. The summed E-state index contributed by atoms with van der Waals surface area (Å²) in [5.74, 6) is 0. The van der Waals surface area contributed by atoms with Crippen molar-refractivity contribution in [3.63, 3.8) is 0 Å². The number of halogens is 2. The van der Waals surface area contributed by atoms with Gasteiger partial charge in [-0.05, 0) is 63.2 Å². The van der Waals surface area contributed by atoms with Crippen molar-refractivity contribution in [1.29, 1.82) is 0 Å². The number of fused-ring (bicyclic) bond motifs is 2. The lowest BCUT2D eigenvalue weighted by Crippen LogP contribution is -2.35. The number of carbonyl (C=O) groups is 1. The first-order valence-electron chi connectivity index (χ1n) is 10.9. The molecule has 0 saturated heterocycles. The number of alkyl carbamates (subject to hydrolysis) is 1. The molecule has 1 heterocycles. The van der Waals surface area contributed by atoms with Gasteiger partial charge in [0.1, 0.15) is 5.60 Å². The SMILES string of the molecule is CC(C)(C)OC(=O)NCCNc1c2ccccc2nc2ccc(Nc3ccc(Cl)c(Cl)c3)cc12. The number of nitrogens with one attached hydrogen (secondary N) is 3. The molecule has 0 aliphatic rings. The third-order valence-corrected chi connectivity index (χ3v) is 5.72. The topological polar surface area (TPSA) is 75.3 Å². The number of carbonyl (C=O) groups excluding carboxylic acids is 1. The second kappa shape index (κ2) is 9.95. The first kappa shape index (κ1) is 23.9. The highest BCUT2D eigenvalue weighted by Crippen LogP contribution is 2.34. The molecular weight excluding hydrogens is 471 g/mol. The number of amides is 1. The number of rotatable bonds is 6. The lowest BCUT2D eigenvalue weighted by molar-refractivity contribution is 0.0530. The third kappa shape index (κ3) is 5.82. The van der Waals surface area contributed by atoms with Gasteiger partial charge in [0.25, 0.3) is 0 Å². The van der Waals surface area contributed by atoms with E-state index in [1.165, 1.54) is 0 Å². The summed E-state index contributed by atoms with van der Waals surface area (Å²) in [7, 11) is 0. The molecular formula is C26H26Cl2N4O2. The Morgan fingerprint density at radius 2 is 1.59 bits per heavy atom. The second-order valence-corrected chi connectivity index (χ2v) is 9.66. The quantitative estimate of drug-likeness (QED) is 0.192. The van der Waals surface area contributed by atoms with Gasteiger partial charge in [0, 0.05) is 35.2 Å². The van der Waals surface area contributed by atoms with E-state index >= 15 is 0 Å². The molecule has 4 aromatic rings. The van der Waals surface area contributed by atoms with Crippen molar-refractivity contribution < 1.29 is 9.53 Å². The number of nitrogens with zero attached hydrogens (tertiary/aromatic N) is 1. The van der Waals surface area contributed by atoms with E-state index < -0.39 is 11.7 Å². The molecule has 0 fully saturated rings. The van der Waals surface area contributed by atoms with Crippen molar-refractivity contribution in [3.8, 4) is 0 Å². The van der Waals surface area contributed by atoms with Crippen LogP contribution in [0.1, 0.15) is 20.8 Å². The molecule has 6 nitrogen and oxygen atoms in total. The summed E-state index contributed by atoms with van der Waals surface area (Å²) in [6, 6.07) is 19.4. The molecule has 0 saturated carbocycles. The summed E-state index contributed by atoms with van der Waals surface area (Å²) in [5, 5.41) is 12.6. The number of ether oxygens (including phenoxy) is 1. The fraction of sp³-hybridized carbons (Fsp3) is 0.231. The van der Waals surface area contributed by atoms with Crippen LogP contribution in [0.2, 0.25) is 10.0 Å². The molecule has 0 radical (unpaired) electrons. The third-order valence-electron chi connectivity index (χ3n) is 4.98. The molecule has 34 heavy (non-hydrogen) atoms. The molecule has 0 spiro atoms. The van der Waals surface area contributed by atoms with Crippen LogP contribution in [0.25, 0.3) is 21.8 Å². The van der Waals surface area contributed by atoms with Crippen LogP contribution in [-0.4, -0.2) is 29.8 Å². The highest BCUT2D eigenvalue weighted by Gasteiger charge is 2.16. The highest BCUT2D eigenvalue weighted by atomic mass is 35.5. The minimum absolute atomic E-state index is 0.411. The Labute approximate surface area is 208 Å². The standard InChI is InChI=1S/C26H26Cl2N4O2/c1-26(2,3)34-25(33)30-13-12-29-24-18-6-4-5-7-22(18)32-23-11-9-16(14-19(23)24)31-17-8-10-20(27)21(28)15-17/h4-11,14-15,31H,12-13H2,1-3H3,(H,29,32)(H,30,33). The molecule has 0 bridgehead atoms. The van der Waals surface area contributed by atoms with E-state index in [1.54, 1.807) is 12.1 Å². The van der Waals surface area contributed by atoms with Crippen LogP contribution in [-0.2, 0) is 4.74 Å². The Balaban J connectivity index is 1.60. The van der Waals surface area contributed by atoms with Crippen molar-refractivity contribution in [2.75, 3.05) is 23.7 Å². The number of anilines is 3. The summed E-state index contributed by atoms with van der Waals surface area (Å²) in [6.07, 6.45) is -0.438. The van der Waals surface area contributed by atoms with Gasteiger partial charge in [0.15, 0.2) is 0 Å². The van der Waals surface area contributed by atoms with Gasteiger partial charge in [0.05, 0.1) is 26.8 Å². The van der Waals surface area contributed by atoms with Gasteiger partial charge in [0.2, 0.25) is 0 Å². The summed E-state index contributed by atoms with van der Waals surface area (Å²) in [5.41, 5.74) is 3.89. The predicted octanol–water partition coefficient (Wildman–Crippen LogP) is 7.38. The molecule has 0 atom stereocenters. The van der Waals surface area contributed by atoms with Crippen LogP contribution in [0, 0.1) is 0 Å². The molecule has 0 aliphatic heterocycles. The summed E-state index contributed by atoms with van der Waals surface area (Å²) >= 11 is 12.2. The minimum Gasteiger partial charge on any atom is -0.444 e. The predicted molar refractivity (Wildman–Crippen MR) is 142 cm³/mol. The van der Waals surface area contributed by atoms with Gasteiger partial charge in [-0.1, -0.05) is 41.4 Å². The zero-order valence-electron chi connectivity index (χ0n) is 19.2. The number of para-hydroxylation sites is 1. The second-order valence-electron chi connectivity index (χ2n) is 8.85. The van der Waals surface area contributed by atoms with Crippen molar-refractivity contribution in [2.24, 2.45) is 0 Å². The number of hydrogen-bond acceptors (Lipinski definition) is 5. The molecule has 4 rings (SSSR count). The van der Waals surface area contributed by atoms with Gasteiger partial charge in [-0.3, -0.25) is 0 Å². The first-order valence-corrected chi connectivity index (χ1v) is 11.7. The van der Waals surface area contributed by atoms with Crippen molar-refractivity contribution in [1.82, 2.24) is 10.3 Å². The van der Waals surface area contributed by atoms with Crippen LogP contribution in [0.15, 0.2) is 60.7 Å². The average molecular weight is 497 g/mol. The first-order chi connectivity index (χ1) is 16.2. The Hall–Kier alpha value is -3.22. The largest absolute Gasteiger partial charge is 0.444 e. The van der Waals surface area contributed by atoms with E-state index in [2.05, 4.69) is 16.0 Å². The molecule has 3 aromatic carbocycles. The Morgan fingerprint density at radius 1 is 0.882 bits per heavy atom. The van der Waals surface area contributed by atoms with E-state index in [-0.39, 0.29) is 0 Å². The van der Waals surface area contributed by atoms with E-state index in [9.17, 15) is 4.79 Å². The fourth-order valence-corrected chi connectivity index (χ4v) is 3.86. The maximum Gasteiger partial charge on any atom is 0.407 e. The molecule has 1 aromatic heterocycles. The highest BCUT2D eigenvalue weighted by molar-refractivity contribution is 6.42. The normalized spacial score (nSPS) is 11.4. The summed E-state index contributed by atoms with van der Waals surface area (Å²) in [4.78, 5) is 16.8. The number of benzene rings is 3.